The summed E-state index contributed by atoms with van der Waals surface area (Å²) in [4.78, 5) is 13.7. The van der Waals surface area contributed by atoms with Crippen molar-refractivity contribution in [3.8, 4) is 11.8 Å². The molecule has 4 nitrogen and oxygen atoms in total. The molecule has 0 radical (unpaired) electrons. The fourth-order valence-electron chi connectivity index (χ4n) is 2.24. The smallest absolute Gasteiger partial charge is 0.226 e. The maximum absolute atomic E-state index is 11.9. The standard InChI is InChI=1S/C14H16N2O2/c1-18-12-5-6-13(11(10-12)7-8-15)16-9-3-2-4-14(16)17/h5-6,10H,2-4,7,9H2,1H3. The van der Waals surface area contributed by atoms with Gasteiger partial charge in [0.15, 0.2) is 0 Å². The number of nitrogens with zero attached hydrogens (tertiary/aromatic N) is 2. The Morgan fingerprint density at radius 1 is 1.44 bits per heavy atom. The molecule has 1 amide bonds. The number of piperidine rings is 1. The highest BCUT2D eigenvalue weighted by Crippen LogP contribution is 2.28. The van der Waals surface area contributed by atoms with E-state index in [1.165, 1.54) is 0 Å². The van der Waals surface area contributed by atoms with Gasteiger partial charge in [0.05, 0.1) is 19.6 Å². The van der Waals surface area contributed by atoms with E-state index in [2.05, 4.69) is 6.07 Å². The number of hydrogen-bond donors (Lipinski definition) is 0. The van der Waals surface area contributed by atoms with Crippen molar-refractivity contribution < 1.29 is 9.53 Å². The molecule has 0 aliphatic carbocycles. The molecule has 1 fully saturated rings. The fraction of sp³-hybridized carbons (Fsp3) is 0.429. The molecule has 0 bridgehead atoms. The Kier molecular flexibility index (Phi) is 3.83. The molecular formula is C14H16N2O2. The second kappa shape index (κ2) is 5.54. The summed E-state index contributed by atoms with van der Waals surface area (Å²) < 4.78 is 5.16. The Morgan fingerprint density at radius 3 is 2.94 bits per heavy atom. The molecule has 94 valence electrons. The SMILES string of the molecule is COc1ccc(N2CCCCC2=O)c(CC#N)c1. The molecule has 18 heavy (non-hydrogen) atoms. The lowest BCUT2D eigenvalue weighted by atomic mass is 10.0. The second-order valence-corrected chi connectivity index (χ2v) is 4.33. The van der Waals surface area contributed by atoms with Crippen LogP contribution in [-0.4, -0.2) is 19.6 Å². The van der Waals surface area contributed by atoms with Crippen LogP contribution < -0.4 is 9.64 Å². The summed E-state index contributed by atoms with van der Waals surface area (Å²) in [5.74, 6) is 0.860. The predicted octanol–water partition coefficient (Wildman–Crippen LogP) is 2.28. The van der Waals surface area contributed by atoms with Gasteiger partial charge in [0.1, 0.15) is 5.75 Å². The van der Waals surface area contributed by atoms with Crippen LogP contribution in [0.5, 0.6) is 5.75 Å². The van der Waals surface area contributed by atoms with E-state index in [-0.39, 0.29) is 12.3 Å². The van der Waals surface area contributed by atoms with Gasteiger partial charge in [-0.25, -0.2) is 0 Å². The maximum Gasteiger partial charge on any atom is 0.226 e. The largest absolute Gasteiger partial charge is 0.497 e. The van der Waals surface area contributed by atoms with Crippen LogP contribution in [0.4, 0.5) is 5.69 Å². The van der Waals surface area contributed by atoms with Gasteiger partial charge in [0, 0.05) is 18.7 Å². The quantitative estimate of drug-likeness (QED) is 0.819. The van der Waals surface area contributed by atoms with Crippen molar-refractivity contribution in [3.05, 3.63) is 23.8 Å². The van der Waals surface area contributed by atoms with Crippen molar-refractivity contribution in [2.24, 2.45) is 0 Å². The van der Waals surface area contributed by atoms with Gasteiger partial charge in [-0.15, -0.1) is 0 Å². The number of ether oxygens (including phenoxy) is 1. The van der Waals surface area contributed by atoms with Crippen LogP contribution in [0, 0.1) is 11.3 Å². The minimum atomic E-state index is 0.144. The summed E-state index contributed by atoms with van der Waals surface area (Å²) >= 11 is 0. The normalized spacial score (nSPS) is 15.3. The molecule has 2 rings (SSSR count). The Morgan fingerprint density at radius 2 is 2.28 bits per heavy atom. The van der Waals surface area contributed by atoms with Crippen LogP contribution in [0.3, 0.4) is 0 Å². The van der Waals surface area contributed by atoms with E-state index >= 15 is 0 Å². The van der Waals surface area contributed by atoms with Crippen molar-refractivity contribution in [3.63, 3.8) is 0 Å². The highest BCUT2D eigenvalue weighted by atomic mass is 16.5. The molecule has 1 heterocycles. The number of rotatable bonds is 3. The summed E-state index contributed by atoms with van der Waals surface area (Å²) in [6, 6.07) is 7.67. The molecule has 0 aromatic heterocycles. The van der Waals surface area contributed by atoms with Crippen LogP contribution in [0.25, 0.3) is 0 Å². The lowest BCUT2D eigenvalue weighted by Crippen LogP contribution is -2.35. The van der Waals surface area contributed by atoms with Gasteiger partial charge in [-0.3, -0.25) is 4.79 Å². The number of carbonyl (C=O) groups excluding carboxylic acids is 1. The first-order valence-corrected chi connectivity index (χ1v) is 6.10. The monoisotopic (exact) mass is 244 g/mol. The van der Waals surface area contributed by atoms with Crippen LogP contribution in [0.15, 0.2) is 18.2 Å². The van der Waals surface area contributed by atoms with Crippen molar-refractivity contribution >= 4 is 11.6 Å². The molecule has 0 spiro atoms. The Bertz CT molecular complexity index is 491. The molecule has 4 heteroatoms. The number of hydrogen-bond acceptors (Lipinski definition) is 3. The van der Waals surface area contributed by atoms with Crippen LogP contribution >= 0.6 is 0 Å². The van der Waals surface area contributed by atoms with Crippen molar-refractivity contribution in [2.45, 2.75) is 25.7 Å². The molecule has 1 saturated heterocycles. The third-order valence-corrected chi connectivity index (χ3v) is 3.17. The third-order valence-electron chi connectivity index (χ3n) is 3.17. The highest BCUT2D eigenvalue weighted by Gasteiger charge is 2.21. The summed E-state index contributed by atoms with van der Waals surface area (Å²) in [6.45, 7) is 0.740. The molecule has 0 unspecified atom stereocenters. The number of amides is 1. The second-order valence-electron chi connectivity index (χ2n) is 4.33. The van der Waals surface area contributed by atoms with Crippen molar-refractivity contribution in [2.75, 3.05) is 18.6 Å². The lowest BCUT2D eigenvalue weighted by Gasteiger charge is -2.28. The lowest BCUT2D eigenvalue weighted by molar-refractivity contribution is -0.119. The molecule has 0 atom stereocenters. The number of carbonyl (C=O) groups is 1. The predicted molar refractivity (Wildman–Crippen MR) is 68.5 cm³/mol. The molecule has 1 aromatic rings. The van der Waals surface area contributed by atoms with Gasteiger partial charge in [0.25, 0.3) is 0 Å². The first-order valence-electron chi connectivity index (χ1n) is 6.10. The summed E-state index contributed by atoms with van der Waals surface area (Å²) in [5, 5.41) is 8.88. The van der Waals surface area contributed by atoms with Crippen LogP contribution in [-0.2, 0) is 11.2 Å². The zero-order valence-corrected chi connectivity index (χ0v) is 10.5. The van der Waals surface area contributed by atoms with E-state index in [0.717, 1.165) is 30.6 Å². The minimum absolute atomic E-state index is 0.144. The topological polar surface area (TPSA) is 53.3 Å². The van der Waals surface area contributed by atoms with Gasteiger partial charge in [-0.05, 0) is 36.6 Å². The zero-order chi connectivity index (χ0) is 13.0. The number of methoxy groups -OCH3 is 1. The van der Waals surface area contributed by atoms with E-state index in [1.807, 2.05) is 18.2 Å². The van der Waals surface area contributed by atoms with Crippen LogP contribution in [0.2, 0.25) is 0 Å². The van der Waals surface area contributed by atoms with E-state index in [1.54, 1.807) is 12.0 Å². The molecule has 0 N–H and O–H groups in total. The molecule has 1 aliphatic rings. The summed E-state index contributed by atoms with van der Waals surface area (Å²) in [6.07, 6.45) is 2.86. The summed E-state index contributed by atoms with van der Waals surface area (Å²) in [7, 11) is 1.59. The van der Waals surface area contributed by atoms with Gasteiger partial charge in [-0.1, -0.05) is 0 Å². The summed E-state index contributed by atoms with van der Waals surface area (Å²) in [5.41, 5.74) is 1.70. The first-order chi connectivity index (χ1) is 8.76. The van der Waals surface area contributed by atoms with E-state index in [0.29, 0.717) is 12.2 Å². The first kappa shape index (κ1) is 12.4. The molecule has 1 aromatic carbocycles. The third kappa shape index (κ3) is 2.45. The zero-order valence-electron chi connectivity index (χ0n) is 10.5. The van der Waals surface area contributed by atoms with E-state index in [4.69, 9.17) is 10.00 Å². The van der Waals surface area contributed by atoms with E-state index in [9.17, 15) is 4.79 Å². The fourth-order valence-corrected chi connectivity index (χ4v) is 2.24. The van der Waals surface area contributed by atoms with Gasteiger partial charge in [-0.2, -0.15) is 5.26 Å². The minimum Gasteiger partial charge on any atom is -0.497 e. The number of anilines is 1. The molecular weight excluding hydrogens is 228 g/mol. The number of benzene rings is 1. The Labute approximate surface area is 107 Å². The molecule has 1 aliphatic heterocycles. The highest BCUT2D eigenvalue weighted by molar-refractivity contribution is 5.94. The van der Waals surface area contributed by atoms with Crippen molar-refractivity contribution in [1.82, 2.24) is 0 Å². The average Bonchev–Trinajstić information content (AvgIpc) is 2.40. The van der Waals surface area contributed by atoms with E-state index < -0.39 is 0 Å². The van der Waals surface area contributed by atoms with Crippen LogP contribution in [0.1, 0.15) is 24.8 Å². The maximum atomic E-state index is 11.9. The molecule has 0 saturated carbocycles. The Balaban J connectivity index is 2.36. The number of nitriles is 1. The van der Waals surface area contributed by atoms with Gasteiger partial charge >= 0.3 is 0 Å². The van der Waals surface area contributed by atoms with Gasteiger partial charge < -0.3 is 9.64 Å². The van der Waals surface area contributed by atoms with Gasteiger partial charge in [0.2, 0.25) is 5.91 Å². The average molecular weight is 244 g/mol. The van der Waals surface area contributed by atoms with Crippen molar-refractivity contribution in [1.29, 1.82) is 5.26 Å². The Hall–Kier alpha value is -2.02.